The number of thiophene rings is 1. The number of likely N-dealkylation sites (tertiary alicyclic amines) is 2. The number of Topliss-reactive ketones (excluding diaryl/α,β-unsaturated/α-hetero) is 1. The molecule has 0 N–H and O–H groups in total. The zero-order valence-corrected chi connectivity index (χ0v) is 14.3. The van der Waals surface area contributed by atoms with Crippen molar-refractivity contribution in [3.05, 3.63) is 20.8 Å². The molecule has 2 unspecified atom stereocenters. The zero-order chi connectivity index (χ0) is 14.1. The molecule has 0 bridgehead atoms. The Balaban J connectivity index is 1.60. The lowest BCUT2D eigenvalue weighted by Gasteiger charge is -2.45. The van der Waals surface area contributed by atoms with Crippen LogP contribution in [0.25, 0.3) is 0 Å². The van der Waals surface area contributed by atoms with Gasteiger partial charge in [-0.1, -0.05) is 0 Å². The molecule has 1 aromatic heterocycles. The molecule has 3 rings (SSSR count). The molecule has 0 aromatic carbocycles. The Morgan fingerprint density at radius 2 is 2.30 bits per heavy atom. The van der Waals surface area contributed by atoms with Crippen molar-refractivity contribution >= 4 is 33.0 Å². The van der Waals surface area contributed by atoms with Crippen LogP contribution in [0.4, 0.5) is 0 Å². The first kappa shape index (κ1) is 14.7. The SMILES string of the molecule is CN1CCCC2CN(CC(=O)c3sccc3Br)CCC21. The van der Waals surface area contributed by atoms with Gasteiger partial charge >= 0.3 is 0 Å². The molecule has 2 aliphatic heterocycles. The lowest BCUT2D eigenvalue weighted by atomic mass is 9.84. The second-order valence-electron chi connectivity index (χ2n) is 5.99. The summed E-state index contributed by atoms with van der Waals surface area (Å²) in [5.41, 5.74) is 0. The second-order valence-corrected chi connectivity index (χ2v) is 7.77. The third-order valence-electron chi connectivity index (χ3n) is 4.67. The number of rotatable bonds is 3. The smallest absolute Gasteiger partial charge is 0.187 e. The van der Waals surface area contributed by atoms with Crippen LogP contribution in [0, 0.1) is 5.92 Å². The average molecular weight is 357 g/mol. The highest BCUT2D eigenvalue weighted by molar-refractivity contribution is 9.10. The molecule has 0 radical (unpaired) electrons. The summed E-state index contributed by atoms with van der Waals surface area (Å²) in [5.74, 6) is 1.01. The molecule has 3 nitrogen and oxygen atoms in total. The van der Waals surface area contributed by atoms with E-state index < -0.39 is 0 Å². The molecule has 20 heavy (non-hydrogen) atoms. The van der Waals surface area contributed by atoms with Crippen LogP contribution in [0.1, 0.15) is 28.9 Å². The lowest BCUT2D eigenvalue weighted by Crippen LogP contribution is -2.53. The van der Waals surface area contributed by atoms with Gasteiger partial charge in [0, 0.05) is 23.6 Å². The summed E-state index contributed by atoms with van der Waals surface area (Å²) in [5, 5.41) is 1.97. The predicted octanol–water partition coefficient (Wildman–Crippen LogP) is 3.11. The van der Waals surface area contributed by atoms with E-state index in [4.69, 9.17) is 0 Å². The van der Waals surface area contributed by atoms with Crippen LogP contribution in [0.15, 0.2) is 15.9 Å². The minimum Gasteiger partial charge on any atom is -0.303 e. The molecule has 3 heterocycles. The summed E-state index contributed by atoms with van der Waals surface area (Å²) < 4.78 is 0.944. The maximum Gasteiger partial charge on any atom is 0.187 e. The first-order chi connectivity index (χ1) is 9.65. The van der Waals surface area contributed by atoms with Crippen molar-refractivity contribution in [3.63, 3.8) is 0 Å². The van der Waals surface area contributed by atoms with E-state index in [0.29, 0.717) is 6.54 Å². The number of carbonyl (C=O) groups excluding carboxylic acids is 1. The summed E-state index contributed by atoms with van der Waals surface area (Å²) >= 11 is 5.00. The molecule has 2 aliphatic rings. The van der Waals surface area contributed by atoms with Gasteiger partial charge in [0.1, 0.15) is 0 Å². The molecule has 0 amide bonds. The number of carbonyl (C=O) groups is 1. The monoisotopic (exact) mass is 356 g/mol. The Hall–Kier alpha value is -0.230. The van der Waals surface area contributed by atoms with Gasteiger partial charge in [-0.3, -0.25) is 9.69 Å². The van der Waals surface area contributed by atoms with E-state index in [2.05, 4.69) is 32.8 Å². The second kappa shape index (κ2) is 6.26. The summed E-state index contributed by atoms with van der Waals surface area (Å²) in [4.78, 5) is 18.1. The van der Waals surface area contributed by atoms with Gasteiger partial charge in [-0.2, -0.15) is 0 Å². The molecule has 5 heteroatoms. The fourth-order valence-corrected chi connectivity index (χ4v) is 5.16. The number of fused-ring (bicyclic) bond motifs is 1. The minimum absolute atomic E-state index is 0.259. The van der Waals surface area contributed by atoms with Gasteiger partial charge in [0.2, 0.25) is 0 Å². The third-order valence-corrected chi connectivity index (χ3v) is 6.55. The van der Waals surface area contributed by atoms with Gasteiger partial charge in [-0.05, 0) is 66.1 Å². The number of hydrogen-bond donors (Lipinski definition) is 0. The summed E-state index contributed by atoms with van der Waals surface area (Å²) in [6.07, 6.45) is 3.83. The van der Waals surface area contributed by atoms with Crippen molar-refractivity contribution in [1.82, 2.24) is 9.80 Å². The van der Waals surface area contributed by atoms with Crippen molar-refractivity contribution in [3.8, 4) is 0 Å². The summed E-state index contributed by atoms with van der Waals surface area (Å²) in [7, 11) is 2.25. The molecule has 2 atom stereocenters. The zero-order valence-electron chi connectivity index (χ0n) is 11.8. The van der Waals surface area contributed by atoms with E-state index in [-0.39, 0.29) is 5.78 Å². The predicted molar refractivity (Wildman–Crippen MR) is 86.5 cm³/mol. The number of halogens is 1. The number of hydrogen-bond acceptors (Lipinski definition) is 4. The van der Waals surface area contributed by atoms with Crippen molar-refractivity contribution < 1.29 is 4.79 Å². The fourth-order valence-electron chi connectivity index (χ4n) is 3.64. The lowest BCUT2D eigenvalue weighted by molar-refractivity contribution is 0.0378. The van der Waals surface area contributed by atoms with E-state index in [1.165, 1.54) is 37.1 Å². The molecule has 0 saturated carbocycles. The van der Waals surface area contributed by atoms with Crippen LogP contribution in [0.3, 0.4) is 0 Å². The highest BCUT2D eigenvalue weighted by Gasteiger charge is 2.34. The van der Waals surface area contributed by atoms with Gasteiger partial charge < -0.3 is 4.90 Å². The van der Waals surface area contributed by atoms with Crippen LogP contribution in [-0.2, 0) is 0 Å². The highest BCUT2D eigenvalue weighted by Crippen LogP contribution is 2.30. The largest absolute Gasteiger partial charge is 0.303 e. The number of ketones is 1. The van der Waals surface area contributed by atoms with Crippen molar-refractivity contribution in [2.75, 3.05) is 33.2 Å². The van der Waals surface area contributed by atoms with Gasteiger partial charge in [0.05, 0.1) is 11.4 Å². The Morgan fingerprint density at radius 3 is 3.05 bits per heavy atom. The van der Waals surface area contributed by atoms with E-state index in [1.54, 1.807) is 0 Å². The van der Waals surface area contributed by atoms with Crippen molar-refractivity contribution in [1.29, 1.82) is 0 Å². The van der Waals surface area contributed by atoms with E-state index in [0.717, 1.165) is 34.4 Å². The average Bonchev–Trinajstić information content (AvgIpc) is 2.85. The van der Waals surface area contributed by atoms with Gasteiger partial charge in [0.25, 0.3) is 0 Å². The standard InChI is InChI=1S/C15H21BrN2OS/c1-17-6-2-3-11-9-18(7-4-13(11)17)10-14(19)15-12(16)5-8-20-15/h5,8,11,13H,2-4,6-7,9-10H2,1H3. The van der Waals surface area contributed by atoms with Crippen LogP contribution in [-0.4, -0.2) is 54.9 Å². The number of piperidine rings is 2. The first-order valence-corrected chi connectivity index (χ1v) is 9.01. The van der Waals surface area contributed by atoms with Gasteiger partial charge in [-0.25, -0.2) is 0 Å². The van der Waals surface area contributed by atoms with Gasteiger partial charge in [-0.15, -0.1) is 11.3 Å². The van der Waals surface area contributed by atoms with Crippen LogP contribution in [0.5, 0.6) is 0 Å². The number of nitrogens with zero attached hydrogens (tertiary/aromatic N) is 2. The Bertz CT molecular complexity index is 490. The van der Waals surface area contributed by atoms with Crippen LogP contribution >= 0.6 is 27.3 Å². The maximum absolute atomic E-state index is 12.3. The quantitative estimate of drug-likeness (QED) is 0.777. The van der Waals surface area contributed by atoms with Gasteiger partial charge in [0.15, 0.2) is 5.78 Å². The Kier molecular flexibility index (Phi) is 4.60. The molecule has 2 fully saturated rings. The molecule has 0 aliphatic carbocycles. The molecular formula is C15H21BrN2OS. The van der Waals surface area contributed by atoms with Crippen LogP contribution in [0.2, 0.25) is 0 Å². The Morgan fingerprint density at radius 1 is 1.45 bits per heavy atom. The third kappa shape index (κ3) is 3.01. The van der Waals surface area contributed by atoms with E-state index in [9.17, 15) is 4.79 Å². The fraction of sp³-hybridized carbons (Fsp3) is 0.667. The maximum atomic E-state index is 12.3. The van der Waals surface area contributed by atoms with E-state index in [1.807, 2.05) is 11.4 Å². The molecule has 0 spiro atoms. The molecule has 110 valence electrons. The molecule has 2 saturated heterocycles. The Labute approximate surface area is 133 Å². The van der Waals surface area contributed by atoms with Crippen molar-refractivity contribution in [2.45, 2.75) is 25.3 Å². The van der Waals surface area contributed by atoms with E-state index >= 15 is 0 Å². The highest BCUT2D eigenvalue weighted by atomic mass is 79.9. The van der Waals surface area contributed by atoms with Crippen LogP contribution < -0.4 is 0 Å². The minimum atomic E-state index is 0.259. The topological polar surface area (TPSA) is 23.6 Å². The molecular weight excluding hydrogens is 336 g/mol. The van der Waals surface area contributed by atoms with Crippen molar-refractivity contribution in [2.24, 2.45) is 5.92 Å². The summed E-state index contributed by atoms with van der Waals surface area (Å²) in [6.45, 7) is 3.96. The summed E-state index contributed by atoms with van der Waals surface area (Å²) in [6, 6.07) is 2.70. The molecule has 1 aromatic rings. The normalized spacial score (nSPS) is 28.3. The first-order valence-electron chi connectivity index (χ1n) is 7.34.